The molecular weight excluding hydrogens is 172 g/mol. The summed E-state index contributed by atoms with van der Waals surface area (Å²) in [5, 5.41) is 0. The van der Waals surface area contributed by atoms with Crippen LogP contribution in [0.15, 0.2) is 11.0 Å². The smallest absolute Gasteiger partial charge is 0.107 e. The number of hydrogen-bond donors (Lipinski definition) is 0. The zero-order valence-electron chi connectivity index (χ0n) is 5.27. The Hall–Kier alpha value is 0.340. The number of aryl methyl sites for hydroxylation is 1. The van der Waals surface area contributed by atoms with Crippen LogP contribution < -0.4 is 0 Å². The molecule has 0 saturated heterocycles. The van der Waals surface area contributed by atoms with Crippen LogP contribution in [0.5, 0.6) is 0 Å². The summed E-state index contributed by atoms with van der Waals surface area (Å²) in [7, 11) is 0. The Balaban J connectivity index is 3.01. The molecule has 0 nitrogen and oxygen atoms in total. The number of halogens is 1. The molecule has 0 radical (unpaired) electrons. The Morgan fingerprint density at radius 1 is 1.67 bits per heavy atom. The van der Waals surface area contributed by atoms with Gasteiger partial charge in [-0.25, -0.2) is 0 Å². The molecule has 0 bridgehead atoms. The third-order valence-corrected chi connectivity index (χ3v) is 3.28. The first-order valence-electron chi connectivity index (χ1n) is 2.54. The van der Waals surface area contributed by atoms with Gasteiger partial charge in [0.2, 0.25) is 0 Å². The summed E-state index contributed by atoms with van der Waals surface area (Å²) in [6.07, 6.45) is 2.04. The normalized spacial score (nSPS) is 10.1. The Kier molecular flexibility index (Phi) is 2.44. The van der Waals surface area contributed by atoms with Crippen molar-refractivity contribution in [3.63, 3.8) is 0 Å². The number of hydrogen-bond acceptors (Lipinski definition) is 2. The lowest BCUT2D eigenvalue weighted by atomic mass is 10.5. The van der Waals surface area contributed by atoms with E-state index in [0.29, 0.717) is 0 Å². The standard InChI is InChI=1S/C6H7ClS2/c1-4-3-5(8-2)6(7)9-4/h3H,1-2H3. The van der Waals surface area contributed by atoms with E-state index < -0.39 is 0 Å². The molecule has 0 N–H and O–H groups in total. The summed E-state index contributed by atoms with van der Waals surface area (Å²) >= 11 is 9.18. The van der Waals surface area contributed by atoms with E-state index in [0.717, 1.165) is 4.34 Å². The molecule has 1 aromatic heterocycles. The van der Waals surface area contributed by atoms with Gasteiger partial charge in [-0.3, -0.25) is 0 Å². The summed E-state index contributed by atoms with van der Waals surface area (Å²) in [6.45, 7) is 2.07. The average Bonchev–Trinajstić information content (AvgIpc) is 2.10. The van der Waals surface area contributed by atoms with Crippen LogP contribution in [0, 0.1) is 6.92 Å². The maximum Gasteiger partial charge on any atom is 0.107 e. The van der Waals surface area contributed by atoms with Crippen molar-refractivity contribution in [1.29, 1.82) is 0 Å². The molecule has 0 aliphatic heterocycles. The fourth-order valence-corrected chi connectivity index (χ4v) is 2.78. The Bertz CT molecular complexity index is 205. The molecule has 0 aromatic carbocycles. The minimum absolute atomic E-state index is 0.917. The van der Waals surface area contributed by atoms with Crippen LogP contribution in [0.3, 0.4) is 0 Å². The number of thiophene rings is 1. The van der Waals surface area contributed by atoms with Crippen molar-refractivity contribution in [2.45, 2.75) is 11.8 Å². The van der Waals surface area contributed by atoms with Gasteiger partial charge >= 0.3 is 0 Å². The van der Waals surface area contributed by atoms with E-state index in [-0.39, 0.29) is 0 Å². The van der Waals surface area contributed by atoms with Crippen LogP contribution in [0.25, 0.3) is 0 Å². The van der Waals surface area contributed by atoms with Crippen LogP contribution in [0.2, 0.25) is 4.34 Å². The van der Waals surface area contributed by atoms with E-state index in [1.165, 1.54) is 9.77 Å². The van der Waals surface area contributed by atoms with Gasteiger partial charge in [0.1, 0.15) is 4.34 Å². The van der Waals surface area contributed by atoms with E-state index in [4.69, 9.17) is 11.6 Å². The Morgan fingerprint density at radius 3 is 2.56 bits per heavy atom. The zero-order chi connectivity index (χ0) is 6.85. The zero-order valence-corrected chi connectivity index (χ0v) is 7.66. The van der Waals surface area contributed by atoms with E-state index in [1.54, 1.807) is 23.1 Å². The SMILES string of the molecule is CSc1cc(C)sc1Cl. The van der Waals surface area contributed by atoms with Crippen molar-refractivity contribution in [2.24, 2.45) is 0 Å². The molecule has 1 heterocycles. The fraction of sp³-hybridized carbons (Fsp3) is 0.333. The van der Waals surface area contributed by atoms with Gasteiger partial charge in [-0.15, -0.1) is 23.1 Å². The van der Waals surface area contributed by atoms with E-state index >= 15 is 0 Å². The topological polar surface area (TPSA) is 0 Å². The molecule has 0 amide bonds. The molecule has 0 aliphatic rings. The van der Waals surface area contributed by atoms with E-state index in [1.807, 2.05) is 6.26 Å². The highest BCUT2D eigenvalue weighted by Gasteiger charge is 2.00. The van der Waals surface area contributed by atoms with Gasteiger partial charge in [0.15, 0.2) is 0 Å². The van der Waals surface area contributed by atoms with Gasteiger partial charge in [0.05, 0.1) is 0 Å². The van der Waals surface area contributed by atoms with Crippen molar-refractivity contribution in [3.05, 3.63) is 15.3 Å². The van der Waals surface area contributed by atoms with Gasteiger partial charge in [-0.05, 0) is 19.2 Å². The van der Waals surface area contributed by atoms with Gasteiger partial charge in [0.25, 0.3) is 0 Å². The molecule has 0 fully saturated rings. The third kappa shape index (κ3) is 1.63. The minimum Gasteiger partial charge on any atom is -0.128 e. The van der Waals surface area contributed by atoms with Gasteiger partial charge in [0, 0.05) is 9.77 Å². The number of thioether (sulfide) groups is 1. The maximum absolute atomic E-state index is 5.84. The average molecular weight is 179 g/mol. The van der Waals surface area contributed by atoms with Crippen LogP contribution in [0.4, 0.5) is 0 Å². The molecule has 0 atom stereocenters. The monoisotopic (exact) mass is 178 g/mol. The molecule has 0 unspecified atom stereocenters. The highest BCUT2D eigenvalue weighted by molar-refractivity contribution is 7.98. The predicted octanol–water partition coefficient (Wildman–Crippen LogP) is 3.43. The minimum atomic E-state index is 0.917. The van der Waals surface area contributed by atoms with Gasteiger partial charge in [-0.1, -0.05) is 11.6 Å². The summed E-state index contributed by atoms with van der Waals surface area (Å²) < 4.78 is 0.917. The highest BCUT2D eigenvalue weighted by Crippen LogP contribution is 2.33. The molecular formula is C6H7ClS2. The first-order valence-corrected chi connectivity index (χ1v) is 4.96. The van der Waals surface area contributed by atoms with Crippen LogP contribution in [0.1, 0.15) is 4.88 Å². The Labute approximate surface area is 68.2 Å². The summed E-state index contributed by atoms with van der Waals surface area (Å²) in [6, 6.07) is 2.11. The molecule has 0 aliphatic carbocycles. The predicted molar refractivity (Wildman–Crippen MR) is 45.8 cm³/mol. The molecule has 1 aromatic rings. The van der Waals surface area contributed by atoms with Gasteiger partial charge in [-0.2, -0.15) is 0 Å². The summed E-state index contributed by atoms with van der Waals surface area (Å²) in [5.74, 6) is 0. The highest BCUT2D eigenvalue weighted by atomic mass is 35.5. The van der Waals surface area contributed by atoms with Crippen molar-refractivity contribution in [3.8, 4) is 0 Å². The van der Waals surface area contributed by atoms with Crippen LogP contribution in [-0.4, -0.2) is 6.26 Å². The van der Waals surface area contributed by atoms with Gasteiger partial charge < -0.3 is 0 Å². The van der Waals surface area contributed by atoms with Crippen molar-refractivity contribution < 1.29 is 0 Å². The first-order chi connectivity index (χ1) is 4.24. The van der Waals surface area contributed by atoms with E-state index in [2.05, 4.69) is 13.0 Å². The lowest BCUT2D eigenvalue weighted by Gasteiger charge is -1.85. The molecule has 9 heavy (non-hydrogen) atoms. The second-order valence-electron chi connectivity index (χ2n) is 1.70. The Morgan fingerprint density at radius 2 is 2.33 bits per heavy atom. The molecule has 50 valence electrons. The fourth-order valence-electron chi connectivity index (χ4n) is 0.602. The summed E-state index contributed by atoms with van der Waals surface area (Å²) in [5.41, 5.74) is 0. The molecule has 3 heteroatoms. The molecule has 0 spiro atoms. The quantitative estimate of drug-likeness (QED) is 0.594. The third-order valence-electron chi connectivity index (χ3n) is 0.999. The van der Waals surface area contributed by atoms with Crippen molar-refractivity contribution in [2.75, 3.05) is 6.26 Å². The van der Waals surface area contributed by atoms with Crippen molar-refractivity contribution >= 4 is 34.7 Å². The second kappa shape index (κ2) is 2.95. The largest absolute Gasteiger partial charge is 0.128 e. The first kappa shape index (κ1) is 7.45. The lowest BCUT2D eigenvalue weighted by molar-refractivity contribution is 1.52. The molecule has 1 rings (SSSR count). The second-order valence-corrected chi connectivity index (χ2v) is 4.41. The maximum atomic E-state index is 5.84. The molecule has 0 saturated carbocycles. The van der Waals surface area contributed by atoms with Crippen LogP contribution in [-0.2, 0) is 0 Å². The number of rotatable bonds is 1. The van der Waals surface area contributed by atoms with E-state index in [9.17, 15) is 0 Å². The lowest BCUT2D eigenvalue weighted by Crippen LogP contribution is -1.57. The van der Waals surface area contributed by atoms with Crippen molar-refractivity contribution in [1.82, 2.24) is 0 Å². The summed E-state index contributed by atoms with van der Waals surface area (Å²) in [4.78, 5) is 2.48. The van der Waals surface area contributed by atoms with Crippen LogP contribution >= 0.6 is 34.7 Å².